The van der Waals surface area contributed by atoms with Crippen LogP contribution in [0, 0.1) is 0 Å². The number of halogens is 2. The quantitative estimate of drug-likeness (QED) is 0.703. The summed E-state index contributed by atoms with van der Waals surface area (Å²) in [6.07, 6.45) is 3.37. The number of para-hydroxylation sites is 1. The second-order valence-corrected chi connectivity index (χ2v) is 2.08. The second-order valence-electron chi connectivity index (χ2n) is 2.08. The number of fused-ring (bicyclic) bond motifs is 1. The van der Waals surface area contributed by atoms with Gasteiger partial charge in [0.25, 0.3) is 0 Å². The van der Waals surface area contributed by atoms with Gasteiger partial charge in [-0.25, -0.2) is 9.97 Å². The molecule has 0 N–H and O–H groups in total. The van der Waals surface area contributed by atoms with Crippen LogP contribution in [0.15, 0.2) is 36.8 Å². The fourth-order valence-corrected chi connectivity index (χ4v) is 0.923. The third-order valence-electron chi connectivity index (χ3n) is 1.41. The van der Waals surface area contributed by atoms with Crippen molar-refractivity contribution in [1.82, 2.24) is 9.97 Å². The molecule has 72 valence electrons. The first-order valence-corrected chi connectivity index (χ1v) is 3.11. The summed E-state index contributed by atoms with van der Waals surface area (Å²) in [4.78, 5) is 7.97. The molecule has 0 unspecified atom stereocenters. The Balaban J connectivity index is 0. The molecule has 1 heterocycles. The van der Waals surface area contributed by atoms with Crippen molar-refractivity contribution < 1.29 is 0 Å². The molecule has 5 heteroatoms. The summed E-state index contributed by atoms with van der Waals surface area (Å²) in [5.74, 6) is 0. The molecule has 0 atom stereocenters. The predicted molar refractivity (Wildman–Crippen MR) is 64.4 cm³/mol. The summed E-state index contributed by atoms with van der Waals surface area (Å²) in [6, 6.07) is 7.91. The van der Waals surface area contributed by atoms with Crippen molar-refractivity contribution in [3.8, 4) is 0 Å². The molecule has 0 saturated heterocycles. The normalized spacial score (nSPS) is 7.69. The topological polar surface area (TPSA) is 25.8 Å². The molecule has 0 saturated carbocycles. The number of nitrogens with zero attached hydrogens (tertiary/aromatic N) is 2. The van der Waals surface area contributed by atoms with Crippen LogP contribution in [-0.4, -0.2) is 9.97 Å². The van der Waals surface area contributed by atoms with Gasteiger partial charge in [0.05, 0.1) is 5.52 Å². The first kappa shape index (κ1) is 15.0. The molecule has 0 amide bonds. The first-order chi connectivity index (χ1) is 4.97. The van der Waals surface area contributed by atoms with E-state index >= 15 is 0 Å². The van der Waals surface area contributed by atoms with Crippen LogP contribution in [0.3, 0.4) is 0 Å². The first-order valence-electron chi connectivity index (χ1n) is 3.11. The van der Waals surface area contributed by atoms with Crippen molar-refractivity contribution in [2.45, 2.75) is 0 Å². The maximum Gasteiger partial charge on any atom is 0.116 e. The van der Waals surface area contributed by atoms with Gasteiger partial charge < -0.3 is 0 Å². The van der Waals surface area contributed by atoms with Crippen LogP contribution in [0.2, 0.25) is 0 Å². The fourth-order valence-electron chi connectivity index (χ4n) is 0.923. The minimum absolute atomic E-state index is 0. The highest BCUT2D eigenvalue weighted by molar-refractivity contribution is 7.59. The van der Waals surface area contributed by atoms with E-state index in [0.717, 1.165) is 10.9 Å². The smallest absolute Gasteiger partial charge is 0.116 e. The molecule has 0 aliphatic heterocycles. The predicted octanol–water partition coefficient (Wildman–Crippen LogP) is 2.59. The highest BCUT2D eigenvalue weighted by Gasteiger charge is 1.87. The van der Waals surface area contributed by atoms with Crippen molar-refractivity contribution in [2.24, 2.45) is 0 Å². The van der Waals surface area contributed by atoms with Crippen molar-refractivity contribution in [2.75, 3.05) is 0 Å². The molecule has 2 aromatic rings. The Morgan fingerprint density at radius 1 is 1.00 bits per heavy atom. The maximum atomic E-state index is 4.07. The molecule has 1 aromatic carbocycles. The summed E-state index contributed by atoms with van der Waals surface area (Å²) < 4.78 is 0. The molecule has 2 nitrogen and oxygen atoms in total. The van der Waals surface area contributed by atoms with Gasteiger partial charge in [-0.15, -0.1) is 24.8 Å². The Hall–Kier alpha value is -0.510. The van der Waals surface area contributed by atoms with Crippen molar-refractivity contribution >= 4 is 49.2 Å². The van der Waals surface area contributed by atoms with Crippen molar-refractivity contribution in [3.05, 3.63) is 36.8 Å². The van der Waals surface area contributed by atoms with Gasteiger partial charge in [-0.2, -0.15) is 13.5 Å². The molecular formula is C8H10Cl2N2S. The van der Waals surface area contributed by atoms with E-state index in [1.54, 1.807) is 6.33 Å². The van der Waals surface area contributed by atoms with Crippen LogP contribution >= 0.6 is 38.3 Å². The lowest BCUT2D eigenvalue weighted by Gasteiger charge is -1.90. The average molecular weight is 237 g/mol. The Morgan fingerprint density at radius 3 is 2.38 bits per heavy atom. The Labute approximate surface area is 96.1 Å². The van der Waals surface area contributed by atoms with Crippen LogP contribution in [-0.2, 0) is 0 Å². The van der Waals surface area contributed by atoms with E-state index in [9.17, 15) is 0 Å². The number of benzene rings is 1. The summed E-state index contributed by atoms with van der Waals surface area (Å²) in [5, 5.41) is 1.09. The number of rotatable bonds is 0. The van der Waals surface area contributed by atoms with E-state index in [1.807, 2.05) is 30.5 Å². The molecule has 0 bridgehead atoms. The second kappa shape index (κ2) is 6.95. The molecule has 0 aliphatic carbocycles. The van der Waals surface area contributed by atoms with Gasteiger partial charge in [0.2, 0.25) is 0 Å². The molecular weight excluding hydrogens is 227 g/mol. The molecule has 0 radical (unpaired) electrons. The van der Waals surface area contributed by atoms with Gasteiger partial charge in [0, 0.05) is 11.6 Å². The van der Waals surface area contributed by atoms with Gasteiger partial charge in [-0.05, 0) is 6.07 Å². The molecule has 0 aliphatic rings. The van der Waals surface area contributed by atoms with Gasteiger partial charge in [-0.3, -0.25) is 0 Å². The summed E-state index contributed by atoms with van der Waals surface area (Å²) in [6.45, 7) is 0. The zero-order chi connectivity index (χ0) is 6.81. The van der Waals surface area contributed by atoms with E-state index in [4.69, 9.17) is 0 Å². The molecule has 13 heavy (non-hydrogen) atoms. The van der Waals surface area contributed by atoms with Crippen molar-refractivity contribution in [1.29, 1.82) is 0 Å². The van der Waals surface area contributed by atoms with Gasteiger partial charge >= 0.3 is 0 Å². The highest BCUT2D eigenvalue weighted by atomic mass is 35.5. The monoisotopic (exact) mass is 236 g/mol. The summed E-state index contributed by atoms with van der Waals surface area (Å²) in [5.41, 5.74) is 0.998. The van der Waals surface area contributed by atoms with Gasteiger partial charge in [0.15, 0.2) is 0 Å². The van der Waals surface area contributed by atoms with E-state index in [2.05, 4.69) is 9.97 Å². The summed E-state index contributed by atoms with van der Waals surface area (Å²) in [7, 11) is 0. The summed E-state index contributed by atoms with van der Waals surface area (Å²) >= 11 is 0. The van der Waals surface area contributed by atoms with E-state index in [0.29, 0.717) is 0 Å². The molecule has 2 rings (SSSR count). The lowest BCUT2D eigenvalue weighted by molar-refractivity contribution is 1.22. The van der Waals surface area contributed by atoms with Gasteiger partial charge in [-0.1, -0.05) is 18.2 Å². The van der Waals surface area contributed by atoms with Gasteiger partial charge in [0.1, 0.15) is 6.33 Å². The van der Waals surface area contributed by atoms with Crippen LogP contribution in [0.25, 0.3) is 10.9 Å². The molecule has 1 aromatic heterocycles. The number of hydrogen-bond donors (Lipinski definition) is 0. The zero-order valence-corrected chi connectivity index (χ0v) is 9.31. The SMILES string of the molecule is Cl.Cl.S.c1ccc2ncncc2c1. The largest absolute Gasteiger partial charge is 0.244 e. The maximum absolute atomic E-state index is 4.07. The van der Waals surface area contributed by atoms with Crippen LogP contribution in [0.4, 0.5) is 0 Å². The van der Waals surface area contributed by atoms with E-state index < -0.39 is 0 Å². The van der Waals surface area contributed by atoms with Crippen LogP contribution in [0.1, 0.15) is 0 Å². The van der Waals surface area contributed by atoms with E-state index in [-0.39, 0.29) is 38.3 Å². The van der Waals surface area contributed by atoms with E-state index in [1.165, 1.54) is 0 Å². The standard InChI is InChI=1S/C8H6N2.2ClH.H2S/c1-2-4-8-7(3-1)5-9-6-10-8;;;/h1-6H;2*1H;1H2. The average Bonchev–Trinajstić information content (AvgIpc) is 2.05. The fraction of sp³-hybridized carbons (Fsp3) is 0. The number of aromatic nitrogens is 2. The third-order valence-corrected chi connectivity index (χ3v) is 1.41. The lowest BCUT2D eigenvalue weighted by atomic mass is 10.2. The Bertz CT molecular complexity index is 291. The Kier molecular flexibility index (Phi) is 8.01. The Morgan fingerprint density at radius 2 is 1.69 bits per heavy atom. The minimum Gasteiger partial charge on any atom is -0.244 e. The minimum atomic E-state index is 0. The van der Waals surface area contributed by atoms with Crippen LogP contribution < -0.4 is 0 Å². The molecule has 0 fully saturated rings. The zero-order valence-electron chi connectivity index (χ0n) is 6.68. The number of hydrogen-bond acceptors (Lipinski definition) is 2. The van der Waals surface area contributed by atoms with Crippen molar-refractivity contribution in [3.63, 3.8) is 0 Å². The van der Waals surface area contributed by atoms with Crippen LogP contribution in [0.5, 0.6) is 0 Å². The molecule has 0 spiro atoms. The lowest BCUT2D eigenvalue weighted by Crippen LogP contribution is -1.77. The third kappa shape index (κ3) is 3.38. The highest BCUT2D eigenvalue weighted by Crippen LogP contribution is 2.06.